The third-order valence-corrected chi connectivity index (χ3v) is 4.34. The van der Waals surface area contributed by atoms with E-state index in [9.17, 15) is 9.59 Å². The first-order valence-corrected chi connectivity index (χ1v) is 7.73. The summed E-state index contributed by atoms with van der Waals surface area (Å²) < 4.78 is 0. The quantitative estimate of drug-likeness (QED) is 0.527. The van der Waals surface area contributed by atoms with E-state index in [0.717, 1.165) is 31.4 Å². The molecule has 0 aliphatic heterocycles. The summed E-state index contributed by atoms with van der Waals surface area (Å²) in [6.45, 7) is 0.592. The van der Waals surface area contributed by atoms with Gasteiger partial charge in [0.05, 0.1) is 12.2 Å². The third kappa shape index (κ3) is 6.02. The first kappa shape index (κ1) is 15.9. The fourth-order valence-corrected chi connectivity index (χ4v) is 3.17. The monoisotopic (exact) mass is 283 g/mol. The molecule has 0 aromatic carbocycles. The zero-order valence-electron chi connectivity index (χ0n) is 11.1. The Morgan fingerprint density at radius 1 is 1.32 bits per heavy atom. The second-order valence-electron chi connectivity index (χ2n) is 5.06. The van der Waals surface area contributed by atoms with Gasteiger partial charge in [0.2, 0.25) is 5.91 Å². The number of rotatable bonds is 8. The van der Waals surface area contributed by atoms with Gasteiger partial charge in [0.15, 0.2) is 0 Å². The Morgan fingerprint density at radius 3 is 2.58 bits per heavy atom. The number of thioether (sulfide) groups is 1. The summed E-state index contributed by atoms with van der Waals surface area (Å²) in [4.78, 5) is 22.8. The van der Waals surface area contributed by atoms with Crippen LogP contribution < -0.4 is 5.32 Å². The summed E-state index contributed by atoms with van der Waals surface area (Å²) in [5.74, 6) is 3.13. The van der Waals surface area contributed by atoms with Crippen LogP contribution in [0, 0.1) is 17.8 Å². The van der Waals surface area contributed by atoms with Gasteiger partial charge in [-0.05, 0) is 18.3 Å². The third-order valence-electron chi connectivity index (χ3n) is 3.48. The van der Waals surface area contributed by atoms with E-state index in [1.165, 1.54) is 0 Å². The first-order chi connectivity index (χ1) is 9.08. The van der Waals surface area contributed by atoms with Crippen LogP contribution in [0.1, 0.15) is 38.5 Å². The Labute approximate surface area is 118 Å². The number of terminal acetylenes is 1. The van der Waals surface area contributed by atoms with E-state index in [1.54, 1.807) is 11.8 Å². The van der Waals surface area contributed by atoms with Gasteiger partial charge in [0.1, 0.15) is 0 Å². The second kappa shape index (κ2) is 8.11. The summed E-state index contributed by atoms with van der Waals surface area (Å²) in [5, 5.41) is 11.8. The van der Waals surface area contributed by atoms with Gasteiger partial charge in [-0.15, -0.1) is 18.2 Å². The molecule has 1 amide bonds. The van der Waals surface area contributed by atoms with Crippen molar-refractivity contribution in [3.05, 3.63) is 0 Å². The molecule has 1 aliphatic carbocycles. The molecule has 0 unspecified atom stereocenters. The highest BCUT2D eigenvalue weighted by Crippen LogP contribution is 2.43. The number of carbonyl (C=O) groups is 2. The molecule has 106 valence electrons. The largest absolute Gasteiger partial charge is 0.481 e. The Morgan fingerprint density at radius 2 is 2.00 bits per heavy atom. The normalized spacial score (nSPS) is 16.8. The van der Waals surface area contributed by atoms with Crippen LogP contribution in [-0.4, -0.2) is 35.0 Å². The van der Waals surface area contributed by atoms with E-state index >= 15 is 0 Å². The summed E-state index contributed by atoms with van der Waals surface area (Å²) in [6.07, 6.45) is 9.31. The summed E-state index contributed by atoms with van der Waals surface area (Å²) in [6, 6.07) is 0. The lowest BCUT2D eigenvalue weighted by Crippen LogP contribution is -2.33. The Balaban J connectivity index is 2.32. The van der Waals surface area contributed by atoms with E-state index in [1.807, 2.05) is 0 Å². The molecular formula is C14H21NO3S. The van der Waals surface area contributed by atoms with Crippen LogP contribution in [0.25, 0.3) is 0 Å². The number of carbonyl (C=O) groups excluding carboxylic acids is 1. The fourth-order valence-electron chi connectivity index (χ4n) is 2.66. The molecule has 0 bridgehead atoms. The van der Waals surface area contributed by atoms with Crippen molar-refractivity contribution in [3.8, 4) is 12.3 Å². The zero-order valence-corrected chi connectivity index (χ0v) is 11.9. The molecule has 19 heavy (non-hydrogen) atoms. The van der Waals surface area contributed by atoms with Crippen molar-refractivity contribution >= 4 is 23.6 Å². The van der Waals surface area contributed by atoms with Gasteiger partial charge in [0.25, 0.3) is 0 Å². The highest BCUT2D eigenvalue weighted by atomic mass is 32.2. The Kier molecular flexibility index (Phi) is 6.79. The van der Waals surface area contributed by atoms with Crippen LogP contribution in [-0.2, 0) is 9.59 Å². The van der Waals surface area contributed by atoms with E-state index in [2.05, 4.69) is 11.2 Å². The van der Waals surface area contributed by atoms with Crippen LogP contribution in [0.3, 0.4) is 0 Å². The highest BCUT2D eigenvalue weighted by Gasteiger charge is 2.37. The maximum atomic E-state index is 11.9. The van der Waals surface area contributed by atoms with E-state index < -0.39 is 5.97 Å². The molecule has 0 aromatic heterocycles. The highest BCUT2D eigenvalue weighted by molar-refractivity contribution is 7.99. The minimum Gasteiger partial charge on any atom is -0.481 e. The maximum Gasteiger partial charge on any atom is 0.303 e. The number of carboxylic acid groups (broad SMARTS) is 1. The van der Waals surface area contributed by atoms with Crippen molar-refractivity contribution in [2.24, 2.45) is 5.41 Å². The molecule has 1 rings (SSSR count). The van der Waals surface area contributed by atoms with Gasteiger partial charge in [-0.2, -0.15) is 0 Å². The average Bonchev–Trinajstić information content (AvgIpc) is 2.76. The summed E-state index contributed by atoms with van der Waals surface area (Å²) in [7, 11) is 0. The average molecular weight is 283 g/mol. The number of nitrogens with one attached hydrogen (secondary N) is 1. The smallest absolute Gasteiger partial charge is 0.303 e. The number of amides is 1. The molecular weight excluding hydrogens is 262 g/mol. The van der Waals surface area contributed by atoms with Crippen molar-refractivity contribution in [1.29, 1.82) is 0 Å². The van der Waals surface area contributed by atoms with E-state index in [0.29, 0.717) is 18.7 Å². The predicted octanol–water partition coefficient (Wildman–Crippen LogP) is 1.89. The minimum absolute atomic E-state index is 0.0375. The lowest BCUT2D eigenvalue weighted by atomic mass is 9.79. The lowest BCUT2D eigenvalue weighted by molar-refractivity contribution is -0.140. The van der Waals surface area contributed by atoms with Gasteiger partial charge < -0.3 is 10.4 Å². The van der Waals surface area contributed by atoms with Crippen molar-refractivity contribution in [2.75, 3.05) is 18.1 Å². The SMILES string of the molecule is C#CCSCCNC(=O)CC1(CC(=O)O)CCCC1. The molecule has 0 radical (unpaired) electrons. The van der Waals surface area contributed by atoms with Crippen molar-refractivity contribution in [3.63, 3.8) is 0 Å². The summed E-state index contributed by atoms with van der Waals surface area (Å²) in [5.41, 5.74) is -0.318. The maximum absolute atomic E-state index is 11.9. The Hall–Kier alpha value is -1.15. The van der Waals surface area contributed by atoms with E-state index in [-0.39, 0.29) is 17.7 Å². The number of carboxylic acids is 1. The lowest BCUT2D eigenvalue weighted by Gasteiger charge is -2.26. The van der Waals surface area contributed by atoms with Crippen LogP contribution >= 0.6 is 11.8 Å². The molecule has 5 heteroatoms. The molecule has 4 nitrogen and oxygen atoms in total. The van der Waals surface area contributed by atoms with Gasteiger partial charge in [0, 0.05) is 18.7 Å². The standard InChI is InChI=1S/C14H21NO3S/c1-2-8-19-9-7-15-12(16)10-14(11-13(17)18)5-3-4-6-14/h1H,3-11H2,(H,15,16)(H,17,18). The molecule has 1 saturated carbocycles. The fraction of sp³-hybridized carbons (Fsp3) is 0.714. The summed E-state index contributed by atoms with van der Waals surface area (Å²) >= 11 is 1.60. The molecule has 1 aliphatic rings. The van der Waals surface area contributed by atoms with Gasteiger partial charge in [-0.1, -0.05) is 18.8 Å². The van der Waals surface area contributed by atoms with Crippen molar-refractivity contribution in [1.82, 2.24) is 5.32 Å². The van der Waals surface area contributed by atoms with Crippen LogP contribution in [0.4, 0.5) is 0 Å². The second-order valence-corrected chi connectivity index (χ2v) is 6.17. The topological polar surface area (TPSA) is 66.4 Å². The molecule has 0 heterocycles. The number of hydrogen-bond acceptors (Lipinski definition) is 3. The van der Waals surface area contributed by atoms with Gasteiger partial charge in [-0.3, -0.25) is 9.59 Å². The van der Waals surface area contributed by atoms with Gasteiger partial charge >= 0.3 is 5.97 Å². The Bertz CT molecular complexity index is 356. The molecule has 0 atom stereocenters. The first-order valence-electron chi connectivity index (χ1n) is 6.58. The van der Waals surface area contributed by atoms with Crippen LogP contribution in [0.5, 0.6) is 0 Å². The molecule has 2 N–H and O–H groups in total. The molecule has 1 fully saturated rings. The van der Waals surface area contributed by atoms with Crippen LogP contribution in [0.15, 0.2) is 0 Å². The number of aliphatic carboxylic acids is 1. The molecule has 0 saturated heterocycles. The van der Waals surface area contributed by atoms with Crippen molar-refractivity contribution < 1.29 is 14.7 Å². The van der Waals surface area contributed by atoms with Crippen LogP contribution in [0.2, 0.25) is 0 Å². The predicted molar refractivity (Wildman–Crippen MR) is 76.9 cm³/mol. The van der Waals surface area contributed by atoms with E-state index in [4.69, 9.17) is 11.5 Å². The van der Waals surface area contributed by atoms with Gasteiger partial charge in [-0.25, -0.2) is 0 Å². The molecule has 0 spiro atoms. The molecule has 0 aromatic rings. The minimum atomic E-state index is -0.806. The number of hydrogen-bond donors (Lipinski definition) is 2. The zero-order chi connectivity index (χ0) is 14.1. The van der Waals surface area contributed by atoms with Crippen molar-refractivity contribution in [2.45, 2.75) is 38.5 Å².